The SMILES string of the molecule is CCOC(=O)C1=C(C)N=c2s/c(=C/c3cc(Cl)c(OCc4ccc(I)cc4)c(OC)c3)c(=O)n2[C@@H]1c1ccc(C)cc1. The van der Waals surface area contributed by atoms with Gasteiger partial charge in [-0.3, -0.25) is 9.36 Å². The molecule has 1 atom stereocenters. The molecule has 0 saturated heterocycles. The molecular formula is C32H28ClIN2O5S. The molecule has 42 heavy (non-hydrogen) atoms. The summed E-state index contributed by atoms with van der Waals surface area (Å²) in [5.74, 6) is 0.381. The van der Waals surface area contributed by atoms with Crippen LogP contribution in [0.2, 0.25) is 5.02 Å². The number of aryl methyl sites for hydroxylation is 1. The summed E-state index contributed by atoms with van der Waals surface area (Å²) in [6.45, 7) is 6.05. The molecule has 0 fully saturated rings. The summed E-state index contributed by atoms with van der Waals surface area (Å²) in [6.07, 6.45) is 1.75. The van der Waals surface area contributed by atoms with Crippen LogP contribution in [0.4, 0.5) is 0 Å². The minimum absolute atomic E-state index is 0.216. The highest BCUT2D eigenvalue weighted by molar-refractivity contribution is 14.1. The summed E-state index contributed by atoms with van der Waals surface area (Å²) in [4.78, 5) is 32.1. The largest absolute Gasteiger partial charge is 0.493 e. The topological polar surface area (TPSA) is 79.1 Å². The summed E-state index contributed by atoms with van der Waals surface area (Å²) in [5.41, 5.74) is 4.13. The molecule has 0 radical (unpaired) electrons. The number of carbonyl (C=O) groups excluding carboxylic acids is 1. The number of nitrogens with zero attached hydrogens (tertiary/aromatic N) is 2. The minimum Gasteiger partial charge on any atom is -0.493 e. The second-order valence-corrected chi connectivity index (χ2v) is 12.3. The van der Waals surface area contributed by atoms with Gasteiger partial charge in [-0.2, -0.15) is 0 Å². The van der Waals surface area contributed by atoms with E-state index in [-0.39, 0.29) is 12.2 Å². The van der Waals surface area contributed by atoms with Gasteiger partial charge in [0.05, 0.1) is 40.6 Å². The number of halogens is 2. The Bertz CT molecular complexity index is 1860. The van der Waals surface area contributed by atoms with E-state index >= 15 is 0 Å². The predicted octanol–water partition coefficient (Wildman–Crippen LogP) is 5.95. The normalized spacial score (nSPS) is 14.8. The molecule has 0 aliphatic carbocycles. The van der Waals surface area contributed by atoms with Gasteiger partial charge in [0.15, 0.2) is 16.3 Å². The second-order valence-electron chi connectivity index (χ2n) is 9.66. The van der Waals surface area contributed by atoms with E-state index in [0.29, 0.717) is 49.3 Å². The number of allylic oxidation sites excluding steroid dienone is 1. The van der Waals surface area contributed by atoms with Crippen LogP contribution >= 0.6 is 45.5 Å². The van der Waals surface area contributed by atoms with E-state index in [1.165, 1.54) is 11.3 Å². The molecule has 216 valence electrons. The van der Waals surface area contributed by atoms with E-state index in [9.17, 15) is 9.59 Å². The molecule has 0 saturated carbocycles. The lowest BCUT2D eigenvalue weighted by Gasteiger charge is -2.24. The zero-order valence-electron chi connectivity index (χ0n) is 23.4. The monoisotopic (exact) mass is 714 g/mol. The van der Waals surface area contributed by atoms with Crippen LogP contribution in [0.25, 0.3) is 6.08 Å². The minimum atomic E-state index is -0.668. The van der Waals surface area contributed by atoms with Gasteiger partial charge >= 0.3 is 5.97 Å². The Morgan fingerprint density at radius 1 is 1.12 bits per heavy atom. The number of benzene rings is 3. The highest BCUT2D eigenvalue weighted by atomic mass is 127. The first-order valence-electron chi connectivity index (χ1n) is 13.2. The number of rotatable bonds is 8. The molecule has 5 rings (SSSR count). The van der Waals surface area contributed by atoms with Crippen LogP contribution in [-0.4, -0.2) is 24.3 Å². The number of fused-ring (bicyclic) bond motifs is 1. The van der Waals surface area contributed by atoms with Crippen LogP contribution in [-0.2, 0) is 16.1 Å². The van der Waals surface area contributed by atoms with Crippen molar-refractivity contribution < 1.29 is 19.0 Å². The fourth-order valence-corrected chi connectivity index (χ4v) is 6.39. The smallest absolute Gasteiger partial charge is 0.338 e. The van der Waals surface area contributed by atoms with Crippen molar-refractivity contribution in [3.8, 4) is 11.5 Å². The summed E-state index contributed by atoms with van der Waals surface area (Å²) < 4.78 is 20.1. The Labute approximate surface area is 265 Å². The summed E-state index contributed by atoms with van der Waals surface area (Å²) >= 11 is 10.2. The number of thiazole rings is 1. The lowest BCUT2D eigenvalue weighted by molar-refractivity contribution is -0.139. The molecule has 7 nitrogen and oxygen atoms in total. The predicted molar refractivity (Wildman–Crippen MR) is 173 cm³/mol. The Morgan fingerprint density at radius 2 is 1.83 bits per heavy atom. The van der Waals surface area contributed by atoms with E-state index in [1.54, 1.807) is 43.7 Å². The number of hydrogen-bond donors (Lipinski definition) is 0. The van der Waals surface area contributed by atoms with Gasteiger partial charge in [0.2, 0.25) is 0 Å². The van der Waals surface area contributed by atoms with Crippen LogP contribution in [0.5, 0.6) is 11.5 Å². The van der Waals surface area contributed by atoms with Gasteiger partial charge in [0, 0.05) is 3.57 Å². The maximum Gasteiger partial charge on any atom is 0.338 e. The first-order valence-corrected chi connectivity index (χ1v) is 15.5. The number of methoxy groups -OCH3 is 1. The molecular weight excluding hydrogens is 687 g/mol. The third-order valence-corrected chi connectivity index (χ3v) is 8.74. The maximum absolute atomic E-state index is 13.9. The van der Waals surface area contributed by atoms with Gasteiger partial charge in [-0.05, 0) is 90.4 Å². The zero-order valence-corrected chi connectivity index (χ0v) is 27.2. The molecule has 1 aliphatic heterocycles. The lowest BCUT2D eigenvalue weighted by Crippen LogP contribution is -2.39. The first-order chi connectivity index (χ1) is 20.2. The molecule has 4 aromatic rings. The Morgan fingerprint density at radius 3 is 2.50 bits per heavy atom. The second kappa shape index (κ2) is 12.8. The highest BCUT2D eigenvalue weighted by Gasteiger charge is 2.33. The van der Waals surface area contributed by atoms with E-state index in [1.807, 2.05) is 55.5 Å². The molecule has 1 aromatic heterocycles. The number of carbonyl (C=O) groups is 1. The van der Waals surface area contributed by atoms with Crippen molar-refractivity contribution >= 4 is 57.6 Å². The van der Waals surface area contributed by atoms with Gasteiger partial charge in [-0.1, -0.05) is 64.9 Å². The molecule has 2 heterocycles. The van der Waals surface area contributed by atoms with Crippen molar-refractivity contribution in [3.05, 3.63) is 122 Å². The number of ether oxygens (including phenoxy) is 3. The molecule has 0 unspecified atom stereocenters. The average molecular weight is 715 g/mol. The third kappa shape index (κ3) is 6.18. The highest BCUT2D eigenvalue weighted by Crippen LogP contribution is 2.37. The van der Waals surface area contributed by atoms with E-state index in [4.69, 9.17) is 25.8 Å². The van der Waals surface area contributed by atoms with Crippen LogP contribution in [0.15, 0.2) is 81.7 Å². The summed E-state index contributed by atoms with van der Waals surface area (Å²) in [6, 6.07) is 18.6. The summed E-state index contributed by atoms with van der Waals surface area (Å²) in [7, 11) is 1.54. The first kappa shape index (κ1) is 30.1. The molecule has 1 aliphatic rings. The van der Waals surface area contributed by atoms with Gasteiger partial charge in [0.1, 0.15) is 6.61 Å². The fourth-order valence-electron chi connectivity index (χ4n) is 4.71. The van der Waals surface area contributed by atoms with Crippen molar-refractivity contribution in [2.24, 2.45) is 4.99 Å². The molecule has 0 spiro atoms. The van der Waals surface area contributed by atoms with E-state index in [2.05, 4.69) is 27.6 Å². The Hall–Kier alpha value is -3.41. The van der Waals surface area contributed by atoms with E-state index in [0.717, 1.165) is 20.3 Å². The standard InChI is InChI=1S/C32H28ClIN2O5S/c1-5-40-31(38)27-19(3)35-32-36(28(27)22-10-6-18(2)7-11-22)30(37)26(42-32)16-21-14-24(33)29(25(15-21)39-4)41-17-20-8-12-23(34)13-9-20/h6-16,28H,5,17H2,1-4H3/b26-16+/t28-/m1/s1. The summed E-state index contributed by atoms with van der Waals surface area (Å²) in [5, 5.41) is 0.358. The molecule has 0 bridgehead atoms. The van der Waals surface area contributed by atoms with Gasteiger partial charge in [-0.15, -0.1) is 0 Å². The maximum atomic E-state index is 13.9. The fraction of sp³-hybridized carbons (Fsp3) is 0.219. The molecule has 10 heteroatoms. The quantitative estimate of drug-likeness (QED) is 0.167. The van der Waals surface area contributed by atoms with Crippen molar-refractivity contribution in [1.29, 1.82) is 0 Å². The number of esters is 1. The Kier molecular flexibility index (Phi) is 9.19. The molecule has 0 N–H and O–H groups in total. The van der Waals surface area contributed by atoms with E-state index < -0.39 is 12.0 Å². The van der Waals surface area contributed by atoms with Crippen molar-refractivity contribution in [2.75, 3.05) is 13.7 Å². The number of aromatic nitrogens is 1. The van der Waals surface area contributed by atoms with Crippen molar-refractivity contribution in [1.82, 2.24) is 4.57 Å². The van der Waals surface area contributed by atoms with Crippen LogP contribution < -0.4 is 24.4 Å². The van der Waals surface area contributed by atoms with Crippen LogP contribution in [0.3, 0.4) is 0 Å². The third-order valence-electron chi connectivity index (χ3n) is 6.76. The lowest BCUT2D eigenvalue weighted by atomic mass is 9.95. The number of hydrogen-bond acceptors (Lipinski definition) is 7. The van der Waals surface area contributed by atoms with Gasteiger partial charge < -0.3 is 14.2 Å². The van der Waals surface area contributed by atoms with Gasteiger partial charge in [-0.25, -0.2) is 9.79 Å². The zero-order chi connectivity index (χ0) is 30.0. The van der Waals surface area contributed by atoms with Crippen LogP contribution in [0, 0.1) is 10.5 Å². The van der Waals surface area contributed by atoms with Crippen LogP contribution in [0.1, 0.15) is 42.1 Å². The molecule has 3 aromatic carbocycles. The molecule has 0 amide bonds. The Balaban J connectivity index is 1.56. The van der Waals surface area contributed by atoms with Crippen molar-refractivity contribution in [2.45, 2.75) is 33.4 Å². The van der Waals surface area contributed by atoms with Gasteiger partial charge in [0.25, 0.3) is 5.56 Å². The van der Waals surface area contributed by atoms with Crippen molar-refractivity contribution in [3.63, 3.8) is 0 Å². The average Bonchev–Trinajstić information content (AvgIpc) is 3.26.